The van der Waals surface area contributed by atoms with Gasteiger partial charge in [0.15, 0.2) is 11.0 Å². The molecule has 7 heteroatoms. The average molecular weight is 319 g/mol. The van der Waals surface area contributed by atoms with E-state index >= 15 is 0 Å². The van der Waals surface area contributed by atoms with Gasteiger partial charge in [0, 0.05) is 26.8 Å². The molecular weight excluding hydrogens is 298 g/mol. The van der Waals surface area contributed by atoms with Crippen LogP contribution in [0.5, 0.6) is 0 Å². The van der Waals surface area contributed by atoms with Crippen molar-refractivity contribution in [2.45, 2.75) is 18.6 Å². The molecule has 1 N–H and O–H groups in total. The first kappa shape index (κ1) is 16.4. The highest BCUT2D eigenvalue weighted by Crippen LogP contribution is 2.17. The molecule has 0 unspecified atom stereocenters. The lowest BCUT2D eigenvalue weighted by atomic mass is 10.2. The van der Waals surface area contributed by atoms with Gasteiger partial charge in [-0.25, -0.2) is 0 Å². The van der Waals surface area contributed by atoms with Crippen LogP contribution >= 0.6 is 11.8 Å². The summed E-state index contributed by atoms with van der Waals surface area (Å²) >= 11 is 1.40. The van der Waals surface area contributed by atoms with Crippen molar-refractivity contribution in [3.05, 3.63) is 35.7 Å². The zero-order valence-electron chi connectivity index (χ0n) is 13.3. The molecule has 1 aromatic carbocycles. The minimum Gasteiger partial charge on any atom is -0.378 e. The molecule has 22 heavy (non-hydrogen) atoms. The van der Waals surface area contributed by atoms with Crippen molar-refractivity contribution >= 4 is 23.4 Å². The lowest BCUT2D eigenvalue weighted by Gasteiger charge is -2.09. The van der Waals surface area contributed by atoms with E-state index in [1.54, 1.807) is 19.0 Å². The van der Waals surface area contributed by atoms with Crippen LogP contribution in [0.2, 0.25) is 0 Å². The highest BCUT2D eigenvalue weighted by Gasteiger charge is 2.12. The van der Waals surface area contributed by atoms with E-state index in [1.165, 1.54) is 17.3 Å². The molecule has 0 spiro atoms. The topological polar surface area (TPSA) is 63.1 Å². The van der Waals surface area contributed by atoms with Crippen molar-refractivity contribution in [3.8, 4) is 0 Å². The van der Waals surface area contributed by atoms with Gasteiger partial charge in [0.05, 0.1) is 12.3 Å². The first-order chi connectivity index (χ1) is 10.5. The summed E-state index contributed by atoms with van der Waals surface area (Å²) < 4.78 is 1.91. The summed E-state index contributed by atoms with van der Waals surface area (Å²) in [7, 11) is 5.40. The third-order valence-corrected chi connectivity index (χ3v) is 4.26. The Morgan fingerprint density at radius 1 is 1.27 bits per heavy atom. The first-order valence-corrected chi connectivity index (χ1v) is 7.97. The molecule has 6 nitrogen and oxygen atoms in total. The van der Waals surface area contributed by atoms with Crippen LogP contribution in [0.1, 0.15) is 11.4 Å². The number of hydrogen-bond acceptors (Lipinski definition) is 5. The fourth-order valence-electron chi connectivity index (χ4n) is 1.73. The Balaban J connectivity index is 1.93. The Morgan fingerprint density at radius 3 is 2.59 bits per heavy atom. The Labute approximate surface area is 134 Å². The van der Waals surface area contributed by atoms with Crippen LogP contribution in [0.25, 0.3) is 0 Å². The summed E-state index contributed by atoms with van der Waals surface area (Å²) in [6.07, 6.45) is 0. The first-order valence-electron chi connectivity index (χ1n) is 6.99. The van der Waals surface area contributed by atoms with Crippen LogP contribution in [-0.2, 0) is 18.4 Å². The molecule has 2 aromatic rings. The Hall–Kier alpha value is -2.02. The molecule has 0 bridgehead atoms. The van der Waals surface area contributed by atoms with Crippen LogP contribution in [-0.4, -0.2) is 45.4 Å². The molecule has 118 valence electrons. The second-order valence-electron chi connectivity index (χ2n) is 5.25. The maximum atomic E-state index is 11.6. The number of hydrogen-bond donors (Lipinski definition) is 1. The number of thioether (sulfide) groups is 1. The van der Waals surface area contributed by atoms with Gasteiger partial charge in [-0.15, -0.1) is 10.2 Å². The predicted molar refractivity (Wildman–Crippen MR) is 88.9 cm³/mol. The number of amides is 1. The molecule has 0 aliphatic rings. The van der Waals surface area contributed by atoms with Crippen molar-refractivity contribution in [1.82, 2.24) is 19.7 Å². The third-order valence-electron chi connectivity index (χ3n) is 3.25. The number of anilines is 1. The number of benzene rings is 1. The fraction of sp³-hybridized carbons (Fsp3) is 0.400. The quantitative estimate of drug-likeness (QED) is 0.824. The normalized spacial score (nSPS) is 10.5. The molecule has 0 saturated heterocycles. The van der Waals surface area contributed by atoms with E-state index in [0.29, 0.717) is 12.3 Å². The molecule has 0 aliphatic heterocycles. The number of carbonyl (C=O) groups is 1. The summed E-state index contributed by atoms with van der Waals surface area (Å²) in [6, 6.07) is 8.20. The summed E-state index contributed by atoms with van der Waals surface area (Å²) in [5.74, 6) is 1.26. The number of rotatable bonds is 6. The zero-order chi connectivity index (χ0) is 16.1. The highest BCUT2D eigenvalue weighted by atomic mass is 32.2. The van der Waals surface area contributed by atoms with E-state index in [2.05, 4.69) is 34.6 Å². The van der Waals surface area contributed by atoms with Gasteiger partial charge in [-0.1, -0.05) is 29.5 Å². The SMILES string of the molecule is Cc1ccc(NCc2nnc(SCC(=O)N(C)C)n2C)cc1. The Kier molecular flexibility index (Phi) is 5.43. The minimum atomic E-state index is 0.0623. The molecule has 1 amide bonds. The largest absolute Gasteiger partial charge is 0.378 e. The number of carbonyl (C=O) groups excluding carboxylic acids is 1. The van der Waals surface area contributed by atoms with Gasteiger partial charge in [-0.3, -0.25) is 4.79 Å². The maximum absolute atomic E-state index is 11.6. The summed E-state index contributed by atoms with van der Waals surface area (Å²) in [4.78, 5) is 13.2. The lowest BCUT2D eigenvalue weighted by Crippen LogP contribution is -2.23. The molecule has 1 heterocycles. The van der Waals surface area contributed by atoms with Gasteiger partial charge in [0.25, 0.3) is 0 Å². The molecular formula is C15H21N5OS. The van der Waals surface area contributed by atoms with Gasteiger partial charge >= 0.3 is 0 Å². The third kappa shape index (κ3) is 4.24. The van der Waals surface area contributed by atoms with E-state index in [0.717, 1.165) is 16.7 Å². The maximum Gasteiger partial charge on any atom is 0.232 e. The standard InChI is InChI=1S/C15H21N5OS/c1-11-5-7-12(8-6-11)16-9-13-17-18-15(20(13)4)22-10-14(21)19(2)3/h5-8,16H,9-10H2,1-4H3. The Morgan fingerprint density at radius 2 is 1.95 bits per heavy atom. The molecule has 0 atom stereocenters. The van der Waals surface area contributed by atoms with Crippen LogP contribution in [0, 0.1) is 6.92 Å². The number of nitrogens with one attached hydrogen (secondary N) is 1. The van der Waals surface area contributed by atoms with E-state index in [-0.39, 0.29) is 5.91 Å². The molecule has 2 rings (SSSR count). The average Bonchev–Trinajstić information content (AvgIpc) is 2.84. The number of aromatic nitrogens is 3. The van der Waals surface area contributed by atoms with Crippen molar-refractivity contribution in [2.24, 2.45) is 7.05 Å². The summed E-state index contributed by atoms with van der Waals surface area (Å²) in [5.41, 5.74) is 2.28. The van der Waals surface area contributed by atoms with Crippen molar-refractivity contribution in [2.75, 3.05) is 25.2 Å². The van der Waals surface area contributed by atoms with Crippen LogP contribution in [0.3, 0.4) is 0 Å². The van der Waals surface area contributed by atoms with Gasteiger partial charge in [-0.05, 0) is 19.1 Å². The molecule has 0 aliphatic carbocycles. The molecule has 1 aromatic heterocycles. The Bertz CT molecular complexity index is 636. The number of aryl methyl sites for hydroxylation is 1. The van der Waals surface area contributed by atoms with Gasteiger partial charge in [0.1, 0.15) is 0 Å². The minimum absolute atomic E-state index is 0.0623. The van der Waals surface area contributed by atoms with E-state index < -0.39 is 0 Å². The van der Waals surface area contributed by atoms with Crippen molar-refractivity contribution < 1.29 is 4.79 Å². The monoisotopic (exact) mass is 319 g/mol. The van der Waals surface area contributed by atoms with Crippen LogP contribution < -0.4 is 5.32 Å². The predicted octanol–water partition coefficient (Wildman–Crippen LogP) is 1.92. The number of nitrogens with zero attached hydrogens (tertiary/aromatic N) is 4. The van der Waals surface area contributed by atoms with Crippen molar-refractivity contribution in [1.29, 1.82) is 0 Å². The van der Waals surface area contributed by atoms with Gasteiger partial charge in [0.2, 0.25) is 5.91 Å². The van der Waals surface area contributed by atoms with Gasteiger partial charge < -0.3 is 14.8 Å². The second-order valence-corrected chi connectivity index (χ2v) is 6.20. The smallest absolute Gasteiger partial charge is 0.232 e. The lowest BCUT2D eigenvalue weighted by molar-refractivity contribution is -0.125. The zero-order valence-corrected chi connectivity index (χ0v) is 14.1. The van der Waals surface area contributed by atoms with Crippen molar-refractivity contribution in [3.63, 3.8) is 0 Å². The highest BCUT2D eigenvalue weighted by molar-refractivity contribution is 7.99. The van der Waals surface area contributed by atoms with E-state index in [9.17, 15) is 4.79 Å². The molecule has 0 radical (unpaired) electrons. The summed E-state index contributed by atoms with van der Waals surface area (Å²) in [6.45, 7) is 2.65. The fourth-order valence-corrected chi connectivity index (χ4v) is 2.64. The van der Waals surface area contributed by atoms with E-state index in [1.807, 2.05) is 23.7 Å². The van der Waals surface area contributed by atoms with Crippen LogP contribution in [0.15, 0.2) is 29.4 Å². The second kappa shape index (κ2) is 7.31. The molecule has 0 saturated carbocycles. The molecule has 0 fully saturated rings. The van der Waals surface area contributed by atoms with Gasteiger partial charge in [-0.2, -0.15) is 0 Å². The summed E-state index contributed by atoms with van der Waals surface area (Å²) in [5, 5.41) is 12.4. The van der Waals surface area contributed by atoms with Crippen LogP contribution in [0.4, 0.5) is 5.69 Å². The van der Waals surface area contributed by atoms with E-state index in [4.69, 9.17) is 0 Å².